The molecule has 0 radical (unpaired) electrons. The van der Waals surface area contributed by atoms with Crippen LogP contribution in [0.3, 0.4) is 0 Å². The number of ether oxygens (including phenoxy) is 1. The minimum Gasteiger partial charge on any atom is -0.469 e. The summed E-state index contributed by atoms with van der Waals surface area (Å²) < 4.78 is 17.8. The molecule has 0 unspecified atom stereocenters. The number of nitro groups is 1. The zero-order chi connectivity index (χ0) is 14.9. The van der Waals surface area contributed by atoms with E-state index in [0.29, 0.717) is 0 Å². The molecule has 0 N–H and O–H groups in total. The van der Waals surface area contributed by atoms with E-state index in [1.54, 1.807) is 0 Å². The molecule has 0 spiro atoms. The molecule has 1 saturated heterocycles. The Morgan fingerprint density at radius 2 is 2.25 bits per heavy atom. The Kier molecular flexibility index (Phi) is 3.64. The van der Waals surface area contributed by atoms with Crippen molar-refractivity contribution in [2.75, 3.05) is 18.6 Å². The number of esters is 1. The Morgan fingerprint density at radius 1 is 1.55 bits per heavy atom. The number of hydrogen-bond acceptors (Lipinski definition) is 5. The molecule has 1 amide bonds. The van der Waals surface area contributed by atoms with E-state index in [4.69, 9.17) is 0 Å². The number of amides is 1. The van der Waals surface area contributed by atoms with Crippen molar-refractivity contribution in [3.63, 3.8) is 0 Å². The minimum absolute atomic E-state index is 0.0299. The highest BCUT2D eigenvalue weighted by Crippen LogP contribution is 2.29. The molecular weight excluding hydrogens is 271 g/mol. The molecule has 7 nitrogen and oxygen atoms in total. The van der Waals surface area contributed by atoms with Crippen LogP contribution < -0.4 is 4.90 Å². The van der Waals surface area contributed by atoms with Gasteiger partial charge in [0.15, 0.2) is 0 Å². The highest BCUT2D eigenvalue weighted by atomic mass is 19.1. The van der Waals surface area contributed by atoms with Crippen LogP contribution in [0.15, 0.2) is 18.2 Å². The highest BCUT2D eigenvalue weighted by Gasteiger charge is 2.36. The van der Waals surface area contributed by atoms with Crippen LogP contribution in [-0.4, -0.2) is 30.5 Å². The first-order valence-electron chi connectivity index (χ1n) is 5.76. The fraction of sp³-hybridized carbons (Fsp3) is 0.333. The predicted molar refractivity (Wildman–Crippen MR) is 65.5 cm³/mol. The molecule has 1 aliphatic rings. The van der Waals surface area contributed by atoms with Gasteiger partial charge in [-0.3, -0.25) is 19.7 Å². The summed E-state index contributed by atoms with van der Waals surface area (Å²) in [6.07, 6.45) is -0.0299. The van der Waals surface area contributed by atoms with Gasteiger partial charge in [0.1, 0.15) is 0 Å². The molecule has 106 valence electrons. The van der Waals surface area contributed by atoms with Crippen LogP contribution in [0.25, 0.3) is 0 Å². The van der Waals surface area contributed by atoms with Gasteiger partial charge in [-0.25, -0.2) is 0 Å². The number of halogens is 1. The summed E-state index contributed by atoms with van der Waals surface area (Å²) in [7, 11) is 1.22. The summed E-state index contributed by atoms with van der Waals surface area (Å²) in [5.41, 5.74) is -0.522. The van der Waals surface area contributed by atoms with Gasteiger partial charge in [0.05, 0.1) is 23.6 Å². The summed E-state index contributed by atoms with van der Waals surface area (Å²) in [6.45, 7) is 0.0638. The second kappa shape index (κ2) is 5.24. The maximum atomic E-state index is 13.2. The van der Waals surface area contributed by atoms with Gasteiger partial charge in [0.25, 0.3) is 0 Å². The average Bonchev–Trinajstić information content (AvgIpc) is 2.80. The van der Waals surface area contributed by atoms with Crippen LogP contribution in [0.1, 0.15) is 6.42 Å². The molecule has 1 aromatic carbocycles. The summed E-state index contributed by atoms with van der Waals surface area (Å²) in [4.78, 5) is 34.3. The zero-order valence-corrected chi connectivity index (χ0v) is 10.5. The number of rotatable bonds is 3. The monoisotopic (exact) mass is 282 g/mol. The minimum atomic E-state index is -0.977. The van der Waals surface area contributed by atoms with Gasteiger partial charge < -0.3 is 9.64 Å². The van der Waals surface area contributed by atoms with Crippen molar-refractivity contribution in [1.29, 1.82) is 0 Å². The summed E-state index contributed by atoms with van der Waals surface area (Å²) in [6, 6.07) is 3.17. The van der Waals surface area contributed by atoms with Crippen LogP contribution in [0.2, 0.25) is 0 Å². The second-order valence-electron chi connectivity index (χ2n) is 4.32. The van der Waals surface area contributed by atoms with Crippen LogP contribution in [0, 0.1) is 21.8 Å². The zero-order valence-electron chi connectivity index (χ0n) is 10.5. The molecule has 1 aromatic rings. The maximum absolute atomic E-state index is 13.2. The lowest BCUT2D eigenvalue weighted by atomic mass is 10.1. The Balaban J connectivity index is 2.28. The van der Waals surface area contributed by atoms with Gasteiger partial charge in [0, 0.05) is 19.0 Å². The number of carbonyl (C=O) groups is 2. The fourth-order valence-corrected chi connectivity index (χ4v) is 2.09. The van der Waals surface area contributed by atoms with Crippen LogP contribution in [0.4, 0.5) is 15.8 Å². The van der Waals surface area contributed by atoms with Crippen LogP contribution >= 0.6 is 0 Å². The first-order chi connectivity index (χ1) is 9.43. The van der Waals surface area contributed by atoms with Crippen molar-refractivity contribution in [3.05, 3.63) is 34.1 Å². The number of carbonyl (C=O) groups excluding carboxylic acids is 2. The molecule has 1 heterocycles. The molecule has 0 aliphatic carbocycles. The van der Waals surface area contributed by atoms with Crippen molar-refractivity contribution in [2.24, 2.45) is 5.92 Å². The van der Waals surface area contributed by atoms with E-state index < -0.39 is 28.3 Å². The second-order valence-corrected chi connectivity index (χ2v) is 4.32. The van der Waals surface area contributed by atoms with E-state index in [9.17, 15) is 24.1 Å². The fourth-order valence-electron chi connectivity index (χ4n) is 2.09. The van der Waals surface area contributed by atoms with E-state index in [2.05, 4.69) is 4.74 Å². The lowest BCUT2D eigenvalue weighted by Gasteiger charge is -2.16. The normalized spacial score (nSPS) is 18.2. The Labute approximate surface area is 113 Å². The molecule has 2 rings (SSSR count). The summed E-state index contributed by atoms with van der Waals surface area (Å²) >= 11 is 0. The topological polar surface area (TPSA) is 89.8 Å². The third kappa shape index (κ3) is 2.44. The largest absolute Gasteiger partial charge is 0.469 e. The van der Waals surface area contributed by atoms with E-state index >= 15 is 0 Å². The van der Waals surface area contributed by atoms with Crippen molar-refractivity contribution < 1.29 is 23.6 Å². The molecule has 1 atom stereocenters. The van der Waals surface area contributed by atoms with E-state index in [1.165, 1.54) is 18.1 Å². The molecule has 0 aromatic heterocycles. The van der Waals surface area contributed by atoms with Crippen molar-refractivity contribution in [3.8, 4) is 0 Å². The number of benzene rings is 1. The first kappa shape index (κ1) is 13.9. The summed E-state index contributed by atoms with van der Waals surface area (Å²) in [5.74, 6) is -2.47. The third-order valence-corrected chi connectivity index (χ3v) is 3.10. The average molecular weight is 282 g/mol. The maximum Gasteiger partial charge on any atom is 0.311 e. The molecule has 1 aliphatic heterocycles. The smallest absolute Gasteiger partial charge is 0.311 e. The SMILES string of the molecule is COC(=O)[C@@H]1CC(=O)N(c2ccc(F)c([N+](=O)[O-])c2)C1. The third-order valence-electron chi connectivity index (χ3n) is 3.10. The van der Waals surface area contributed by atoms with Crippen molar-refractivity contribution >= 4 is 23.3 Å². The summed E-state index contributed by atoms with van der Waals surface area (Å²) in [5, 5.41) is 10.7. The molecule has 0 saturated carbocycles. The molecule has 8 heteroatoms. The van der Waals surface area contributed by atoms with Crippen LogP contribution in [0.5, 0.6) is 0 Å². The van der Waals surface area contributed by atoms with Gasteiger partial charge in [0.2, 0.25) is 11.7 Å². The quantitative estimate of drug-likeness (QED) is 0.473. The van der Waals surface area contributed by atoms with Gasteiger partial charge in [-0.1, -0.05) is 0 Å². The number of anilines is 1. The molecule has 0 bridgehead atoms. The highest BCUT2D eigenvalue weighted by molar-refractivity contribution is 5.99. The van der Waals surface area contributed by atoms with Gasteiger partial charge in [-0.15, -0.1) is 0 Å². The predicted octanol–water partition coefficient (Wildman–Crippen LogP) is 1.26. The van der Waals surface area contributed by atoms with Gasteiger partial charge >= 0.3 is 11.7 Å². The number of hydrogen-bond donors (Lipinski definition) is 0. The van der Waals surface area contributed by atoms with Crippen LogP contribution in [-0.2, 0) is 14.3 Å². The van der Waals surface area contributed by atoms with Crippen molar-refractivity contribution in [1.82, 2.24) is 0 Å². The van der Waals surface area contributed by atoms with Gasteiger partial charge in [-0.2, -0.15) is 4.39 Å². The molecule has 20 heavy (non-hydrogen) atoms. The number of nitro benzene ring substituents is 1. The van der Waals surface area contributed by atoms with E-state index in [0.717, 1.165) is 12.1 Å². The number of nitrogens with zero attached hydrogens (tertiary/aromatic N) is 2. The standard InChI is InChI=1S/C12H11FN2O5/c1-20-12(17)7-4-11(16)14(6-7)8-2-3-9(13)10(5-8)15(18)19/h2-3,5,7H,4,6H2,1H3/t7-/m1/s1. The number of methoxy groups -OCH3 is 1. The molecule has 1 fully saturated rings. The Hall–Kier alpha value is -2.51. The van der Waals surface area contributed by atoms with Gasteiger partial charge in [-0.05, 0) is 12.1 Å². The van der Waals surface area contributed by atoms with E-state index in [-0.39, 0.29) is 24.6 Å². The first-order valence-corrected chi connectivity index (χ1v) is 5.76. The van der Waals surface area contributed by atoms with E-state index in [1.807, 2.05) is 0 Å². The molecular formula is C12H11FN2O5. The Bertz CT molecular complexity index is 589. The lowest BCUT2D eigenvalue weighted by Crippen LogP contribution is -2.26. The lowest BCUT2D eigenvalue weighted by molar-refractivity contribution is -0.387. The Morgan fingerprint density at radius 3 is 2.85 bits per heavy atom. The van der Waals surface area contributed by atoms with Crippen molar-refractivity contribution in [2.45, 2.75) is 6.42 Å².